The molecule has 32 heavy (non-hydrogen) atoms. The van der Waals surface area contributed by atoms with Gasteiger partial charge in [-0.2, -0.15) is 0 Å². The first-order valence-corrected chi connectivity index (χ1v) is 11.6. The first-order chi connectivity index (χ1) is 15.4. The Bertz CT molecular complexity index is 1050. The van der Waals surface area contributed by atoms with Gasteiger partial charge in [0.25, 0.3) is 5.91 Å². The Morgan fingerprint density at radius 2 is 1.69 bits per heavy atom. The van der Waals surface area contributed by atoms with Gasteiger partial charge in [-0.15, -0.1) is 11.8 Å². The summed E-state index contributed by atoms with van der Waals surface area (Å²) < 4.78 is 0. The SMILES string of the molecule is CC(=O)c1ccc(NC(=O)CN2C(=O)C(C(=O)N3CCCCC3)Sc3ccccc32)cc1. The Labute approximate surface area is 191 Å². The zero-order valence-corrected chi connectivity index (χ0v) is 18.7. The van der Waals surface area contributed by atoms with Gasteiger partial charge in [0, 0.05) is 29.2 Å². The molecule has 8 heteroatoms. The minimum absolute atomic E-state index is 0.0553. The van der Waals surface area contributed by atoms with Crippen molar-refractivity contribution in [1.29, 1.82) is 0 Å². The molecule has 1 atom stereocenters. The van der Waals surface area contributed by atoms with E-state index in [1.807, 2.05) is 18.2 Å². The highest BCUT2D eigenvalue weighted by Crippen LogP contribution is 2.39. The lowest BCUT2D eigenvalue weighted by atomic mass is 10.1. The predicted octanol–water partition coefficient (Wildman–Crippen LogP) is 3.35. The zero-order chi connectivity index (χ0) is 22.7. The van der Waals surface area contributed by atoms with Crippen LogP contribution in [0, 0.1) is 0 Å². The Kier molecular flexibility index (Phi) is 6.60. The maximum Gasteiger partial charge on any atom is 0.250 e. The van der Waals surface area contributed by atoms with Gasteiger partial charge >= 0.3 is 0 Å². The van der Waals surface area contributed by atoms with E-state index >= 15 is 0 Å². The summed E-state index contributed by atoms with van der Waals surface area (Å²) in [6, 6.07) is 13.9. The maximum absolute atomic E-state index is 13.3. The van der Waals surface area contributed by atoms with Gasteiger partial charge in [-0.05, 0) is 62.6 Å². The quantitative estimate of drug-likeness (QED) is 0.557. The molecule has 0 aliphatic carbocycles. The highest BCUT2D eigenvalue weighted by Gasteiger charge is 2.40. The lowest BCUT2D eigenvalue weighted by Gasteiger charge is -2.36. The van der Waals surface area contributed by atoms with Crippen LogP contribution in [0.2, 0.25) is 0 Å². The molecule has 0 bridgehead atoms. The topological polar surface area (TPSA) is 86.8 Å². The van der Waals surface area contributed by atoms with Crippen molar-refractivity contribution in [1.82, 2.24) is 4.90 Å². The Hall–Kier alpha value is -3.13. The van der Waals surface area contributed by atoms with E-state index in [4.69, 9.17) is 0 Å². The molecule has 3 amide bonds. The van der Waals surface area contributed by atoms with E-state index in [-0.39, 0.29) is 30.0 Å². The van der Waals surface area contributed by atoms with Crippen LogP contribution in [-0.4, -0.2) is 53.3 Å². The van der Waals surface area contributed by atoms with Gasteiger partial charge in [0.1, 0.15) is 6.54 Å². The minimum Gasteiger partial charge on any atom is -0.341 e. The predicted molar refractivity (Wildman–Crippen MR) is 124 cm³/mol. The third-order valence-corrected chi connectivity index (χ3v) is 6.90. The number of nitrogens with one attached hydrogen (secondary N) is 1. The molecule has 1 saturated heterocycles. The van der Waals surface area contributed by atoms with Crippen LogP contribution >= 0.6 is 11.8 Å². The maximum atomic E-state index is 13.3. The second-order valence-corrected chi connectivity index (χ2v) is 9.10. The van der Waals surface area contributed by atoms with Crippen molar-refractivity contribution in [3.8, 4) is 0 Å². The molecule has 0 saturated carbocycles. The fraction of sp³-hybridized carbons (Fsp3) is 0.333. The molecule has 0 radical (unpaired) electrons. The summed E-state index contributed by atoms with van der Waals surface area (Å²) in [5, 5.41) is 1.88. The van der Waals surface area contributed by atoms with Gasteiger partial charge in [-0.3, -0.25) is 19.2 Å². The van der Waals surface area contributed by atoms with Gasteiger partial charge in [0.05, 0.1) is 5.69 Å². The Morgan fingerprint density at radius 1 is 1.00 bits per heavy atom. The number of ketones is 1. The van der Waals surface area contributed by atoms with Crippen molar-refractivity contribution in [3.63, 3.8) is 0 Å². The average Bonchev–Trinajstić information content (AvgIpc) is 2.81. The summed E-state index contributed by atoms with van der Waals surface area (Å²) in [5.74, 6) is -0.981. The number of carbonyl (C=O) groups excluding carboxylic acids is 4. The van der Waals surface area contributed by atoms with Crippen LogP contribution in [-0.2, 0) is 14.4 Å². The Balaban J connectivity index is 1.52. The number of nitrogens with zero attached hydrogens (tertiary/aromatic N) is 2. The fourth-order valence-corrected chi connectivity index (χ4v) is 5.14. The van der Waals surface area contributed by atoms with Crippen LogP contribution in [0.5, 0.6) is 0 Å². The summed E-state index contributed by atoms with van der Waals surface area (Å²) >= 11 is 1.26. The molecular formula is C24H25N3O4S. The number of thioether (sulfide) groups is 1. The van der Waals surface area contributed by atoms with Crippen LogP contribution in [0.15, 0.2) is 53.4 Å². The molecule has 7 nitrogen and oxygen atoms in total. The number of anilines is 2. The third-order valence-electron chi connectivity index (χ3n) is 5.66. The lowest BCUT2D eigenvalue weighted by Crippen LogP contribution is -2.52. The number of fused-ring (bicyclic) bond motifs is 1. The van der Waals surface area contributed by atoms with Gasteiger partial charge < -0.3 is 15.1 Å². The first kappa shape index (κ1) is 22.1. The number of hydrogen-bond donors (Lipinski definition) is 1. The lowest BCUT2D eigenvalue weighted by molar-refractivity contribution is -0.135. The number of hydrogen-bond acceptors (Lipinski definition) is 5. The summed E-state index contributed by atoms with van der Waals surface area (Å²) in [7, 11) is 0. The number of piperidine rings is 1. The van der Waals surface area contributed by atoms with Crippen molar-refractivity contribution in [2.75, 3.05) is 29.9 Å². The van der Waals surface area contributed by atoms with Crippen molar-refractivity contribution in [2.45, 2.75) is 36.3 Å². The summed E-state index contributed by atoms with van der Waals surface area (Å²) in [6.07, 6.45) is 2.99. The number of likely N-dealkylation sites (tertiary alicyclic amines) is 1. The van der Waals surface area contributed by atoms with Crippen LogP contribution in [0.4, 0.5) is 11.4 Å². The molecule has 2 aliphatic rings. The van der Waals surface area contributed by atoms with E-state index in [0.29, 0.717) is 30.0 Å². The molecule has 2 heterocycles. The zero-order valence-electron chi connectivity index (χ0n) is 17.9. The molecule has 0 spiro atoms. The van der Waals surface area contributed by atoms with Gasteiger partial charge in [0.2, 0.25) is 11.8 Å². The van der Waals surface area contributed by atoms with E-state index in [1.165, 1.54) is 23.6 Å². The summed E-state index contributed by atoms with van der Waals surface area (Å²) in [4.78, 5) is 54.6. The number of Topliss-reactive ketones (excluding diaryl/α,β-unsaturated/α-hetero) is 1. The molecule has 166 valence electrons. The van der Waals surface area contributed by atoms with E-state index in [2.05, 4.69) is 5.32 Å². The van der Waals surface area contributed by atoms with Crippen molar-refractivity contribution < 1.29 is 19.2 Å². The number of amides is 3. The van der Waals surface area contributed by atoms with Gasteiger partial charge in [-0.1, -0.05) is 12.1 Å². The van der Waals surface area contributed by atoms with E-state index in [0.717, 1.165) is 24.2 Å². The molecule has 0 aromatic heterocycles. The largest absolute Gasteiger partial charge is 0.341 e. The Morgan fingerprint density at radius 3 is 2.38 bits per heavy atom. The smallest absolute Gasteiger partial charge is 0.250 e. The van der Waals surface area contributed by atoms with E-state index < -0.39 is 5.25 Å². The summed E-state index contributed by atoms with van der Waals surface area (Å²) in [5.41, 5.74) is 1.72. The van der Waals surface area contributed by atoms with Crippen LogP contribution in [0.1, 0.15) is 36.5 Å². The standard InChI is InChI=1S/C24H25N3O4S/c1-16(28)17-9-11-18(12-10-17)25-21(29)15-27-19-7-3-4-8-20(19)32-22(24(27)31)23(30)26-13-5-2-6-14-26/h3-4,7-12,22H,2,5-6,13-15H2,1H3,(H,25,29). The number of para-hydroxylation sites is 1. The molecule has 1 N–H and O–H groups in total. The number of carbonyl (C=O) groups is 4. The van der Waals surface area contributed by atoms with Crippen LogP contribution < -0.4 is 10.2 Å². The number of benzene rings is 2. The molecule has 2 aromatic rings. The van der Waals surface area contributed by atoms with E-state index in [9.17, 15) is 19.2 Å². The fourth-order valence-electron chi connectivity index (χ4n) is 3.95. The molecule has 1 unspecified atom stereocenters. The second-order valence-electron chi connectivity index (χ2n) is 7.96. The molecule has 4 rings (SSSR count). The first-order valence-electron chi connectivity index (χ1n) is 10.7. The molecule has 2 aromatic carbocycles. The average molecular weight is 452 g/mol. The van der Waals surface area contributed by atoms with Gasteiger partial charge in [0.15, 0.2) is 11.0 Å². The van der Waals surface area contributed by atoms with Crippen molar-refractivity contribution in [2.24, 2.45) is 0 Å². The third kappa shape index (κ3) is 4.70. The molecule has 2 aliphatic heterocycles. The van der Waals surface area contributed by atoms with Gasteiger partial charge in [-0.25, -0.2) is 0 Å². The van der Waals surface area contributed by atoms with Crippen LogP contribution in [0.25, 0.3) is 0 Å². The second kappa shape index (κ2) is 9.56. The molecule has 1 fully saturated rings. The van der Waals surface area contributed by atoms with Crippen molar-refractivity contribution in [3.05, 3.63) is 54.1 Å². The number of rotatable bonds is 5. The molecular weight excluding hydrogens is 426 g/mol. The highest BCUT2D eigenvalue weighted by molar-refractivity contribution is 8.01. The monoisotopic (exact) mass is 451 g/mol. The van der Waals surface area contributed by atoms with Crippen LogP contribution in [0.3, 0.4) is 0 Å². The summed E-state index contributed by atoms with van der Waals surface area (Å²) in [6.45, 7) is 2.62. The van der Waals surface area contributed by atoms with Crippen molar-refractivity contribution >= 4 is 46.6 Å². The van der Waals surface area contributed by atoms with E-state index in [1.54, 1.807) is 35.2 Å². The highest BCUT2D eigenvalue weighted by atomic mass is 32.2. The normalized spacial score (nSPS) is 18.2. The minimum atomic E-state index is -0.884.